The Bertz CT molecular complexity index is 696. The quantitative estimate of drug-likeness (QED) is 0.595. The van der Waals surface area contributed by atoms with Crippen LogP contribution in [0.15, 0.2) is 40.9 Å². The van der Waals surface area contributed by atoms with E-state index in [0.29, 0.717) is 37.1 Å². The standard InChI is InChI=1S/C22H30N2O4/c25-22(23-16-19-10-13-26-14-11-19)21-15-20(28-24-21)17-27-12-6-2-5-9-18-7-3-1-4-8-18/h1,3-4,7-8,15,19H,2,5-6,9-14,16-17H2,(H,23,25). The fraction of sp³-hybridized carbons (Fsp3) is 0.545. The Morgan fingerprint density at radius 3 is 2.79 bits per heavy atom. The van der Waals surface area contributed by atoms with Crippen LogP contribution in [0.1, 0.15) is 53.9 Å². The second-order valence-electron chi connectivity index (χ2n) is 7.29. The minimum Gasteiger partial charge on any atom is -0.381 e. The molecule has 0 atom stereocenters. The Kier molecular flexibility index (Phi) is 8.53. The third-order valence-electron chi connectivity index (χ3n) is 5.03. The first-order valence-electron chi connectivity index (χ1n) is 10.2. The number of hydrogen-bond donors (Lipinski definition) is 1. The van der Waals surface area contributed by atoms with Crippen LogP contribution in [-0.2, 0) is 22.5 Å². The molecule has 0 unspecified atom stereocenters. The molecular weight excluding hydrogens is 356 g/mol. The summed E-state index contributed by atoms with van der Waals surface area (Å²) < 4.78 is 16.2. The highest BCUT2D eigenvalue weighted by Crippen LogP contribution is 2.14. The lowest BCUT2D eigenvalue weighted by molar-refractivity contribution is 0.0641. The van der Waals surface area contributed by atoms with Crippen LogP contribution in [0.25, 0.3) is 0 Å². The Hall–Kier alpha value is -2.18. The molecule has 1 aromatic carbocycles. The van der Waals surface area contributed by atoms with Crippen molar-refractivity contribution in [3.8, 4) is 0 Å². The molecule has 0 aliphatic carbocycles. The summed E-state index contributed by atoms with van der Waals surface area (Å²) in [5.41, 5.74) is 1.70. The Morgan fingerprint density at radius 2 is 1.96 bits per heavy atom. The number of aromatic nitrogens is 1. The third-order valence-corrected chi connectivity index (χ3v) is 5.03. The molecule has 152 valence electrons. The summed E-state index contributed by atoms with van der Waals surface area (Å²) in [7, 11) is 0. The van der Waals surface area contributed by atoms with Gasteiger partial charge in [0.2, 0.25) is 0 Å². The zero-order valence-electron chi connectivity index (χ0n) is 16.4. The van der Waals surface area contributed by atoms with Crippen LogP contribution >= 0.6 is 0 Å². The number of carbonyl (C=O) groups is 1. The van der Waals surface area contributed by atoms with Gasteiger partial charge in [-0.15, -0.1) is 0 Å². The van der Waals surface area contributed by atoms with E-state index in [1.807, 2.05) is 6.07 Å². The number of aryl methyl sites for hydroxylation is 1. The minimum absolute atomic E-state index is 0.192. The van der Waals surface area contributed by atoms with Crippen molar-refractivity contribution in [1.29, 1.82) is 0 Å². The van der Waals surface area contributed by atoms with Crippen molar-refractivity contribution in [3.63, 3.8) is 0 Å². The SMILES string of the molecule is O=C(NCC1CCOCC1)c1cc(COCCCCCc2ccccc2)on1. The molecule has 1 aromatic heterocycles. The Labute approximate surface area is 166 Å². The van der Waals surface area contributed by atoms with Crippen LogP contribution in [0.5, 0.6) is 0 Å². The molecule has 0 saturated carbocycles. The van der Waals surface area contributed by atoms with Crippen LogP contribution in [0.3, 0.4) is 0 Å². The second kappa shape index (κ2) is 11.6. The molecule has 0 radical (unpaired) electrons. The van der Waals surface area contributed by atoms with Gasteiger partial charge in [-0.3, -0.25) is 4.79 Å². The molecule has 1 fully saturated rings. The molecule has 6 nitrogen and oxygen atoms in total. The van der Waals surface area contributed by atoms with Gasteiger partial charge in [0.15, 0.2) is 11.5 Å². The van der Waals surface area contributed by atoms with Crippen molar-refractivity contribution in [2.45, 2.75) is 45.1 Å². The lowest BCUT2D eigenvalue weighted by Gasteiger charge is -2.21. The molecule has 1 saturated heterocycles. The first kappa shape index (κ1) is 20.6. The number of rotatable bonds is 11. The first-order chi connectivity index (χ1) is 13.8. The van der Waals surface area contributed by atoms with E-state index in [0.717, 1.165) is 51.7 Å². The van der Waals surface area contributed by atoms with Gasteiger partial charge in [0.05, 0.1) is 0 Å². The van der Waals surface area contributed by atoms with Gasteiger partial charge in [0.25, 0.3) is 5.91 Å². The van der Waals surface area contributed by atoms with E-state index in [-0.39, 0.29) is 5.91 Å². The third kappa shape index (κ3) is 7.09. The van der Waals surface area contributed by atoms with Gasteiger partial charge < -0.3 is 19.3 Å². The van der Waals surface area contributed by atoms with Crippen molar-refractivity contribution in [2.75, 3.05) is 26.4 Å². The average Bonchev–Trinajstić information content (AvgIpc) is 3.22. The largest absolute Gasteiger partial charge is 0.381 e. The topological polar surface area (TPSA) is 73.6 Å². The molecular formula is C22H30N2O4. The number of unbranched alkanes of at least 4 members (excludes halogenated alkanes) is 2. The zero-order chi connectivity index (χ0) is 19.4. The predicted octanol–water partition coefficient (Wildman–Crippen LogP) is 3.76. The van der Waals surface area contributed by atoms with E-state index < -0.39 is 0 Å². The first-order valence-corrected chi connectivity index (χ1v) is 10.2. The van der Waals surface area contributed by atoms with Gasteiger partial charge in [-0.05, 0) is 43.6 Å². The summed E-state index contributed by atoms with van der Waals surface area (Å²) in [5, 5.41) is 6.78. The van der Waals surface area contributed by atoms with Gasteiger partial charge in [-0.25, -0.2) is 0 Å². The number of nitrogens with zero attached hydrogens (tertiary/aromatic N) is 1. The molecule has 28 heavy (non-hydrogen) atoms. The zero-order valence-corrected chi connectivity index (χ0v) is 16.4. The number of carbonyl (C=O) groups excluding carboxylic acids is 1. The maximum absolute atomic E-state index is 12.2. The summed E-state index contributed by atoms with van der Waals surface area (Å²) in [5.74, 6) is 0.872. The lowest BCUT2D eigenvalue weighted by Crippen LogP contribution is -2.32. The number of ether oxygens (including phenoxy) is 2. The van der Waals surface area contributed by atoms with Crippen LogP contribution in [0, 0.1) is 5.92 Å². The normalized spacial score (nSPS) is 14.9. The number of hydrogen-bond acceptors (Lipinski definition) is 5. The molecule has 1 aliphatic rings. The number of amides is 1. The fourth-order valence-electron chi connectivity index (χ4n) is 3.29. The number of nitrogens with one attached hydrogen (secondary N) is 1. The van der Waals surface area contributed by atoms with E-state index in [1.54, 1.807) is 6.07 Å². The maximum atomic E-state index is 12.2. The van der Waals surface area contributed by atoms with Crippen molar-refractivity contribution in [1.82, 2.24) is 10.5 Å². The maximum Gasteiger partial charge on any atom is 0.273 e. The smallest absolute Gasteiger partial charge is 0.273 e. The average molecular weight is 386 g/mol. The molecule has 0 bridgehead atoms. The van der Waals surface area contributed by atoms with Crippen LogP contribution in [-0.4, -0.2) is 37.4 Å². The van der Waals surface area contributed by atoms with Crippen molar-refractivity contribution in [2.24, 2.45) is 5.92 Å². The van der Waals surface area contributed by atoms with Gasteiger partial charge >= 0.3 is 0 Å². The summed E-state index contributed by atoms with van der Waals surface area (Å²) >= 11 is 0. The second-order valence-corrected chi connectivity index (χ2v) is 7.29. The fourth-order valence-corrected chi connectivity index (χ4v) is 3.29. The molecule has 1 N–H and O–H groups in total. The predicted molar refractivity (Wildman–Crippen MR) is 106 cm³/mol. The summed E-state index contributed by atoms with van der Waals surface area (Å²) in [6.07, 6.45) is 6.39. The Balaban J connectivity index is 1.25. The molecule has 6 heteroatoms. The minimum atomic E-state index is -0.192. The molecule has 3 rings (SSSR count). The Morgan fingerprint density at radius 1 is 1.14 bits per heavy atom. The highest BCUT2D eigenvalue weighted by Gasteiger charge is 2.17. The van der Waals surface area contributed by atoms with E-state index in [1.165, 1.54) is 5.56 Å². The van der Waals surface area contributed by atoms with E-state index >= 15 is 0 Å². The van der Waals surface area contributed by atoms with Gasteiger partial charge in [-0.2, -0.15) is 0 Å². The summed E-state index contributed by atoms with van der Waals surface area (Å²) in [6.45, 7) is 3.24. The van der Waals surface area contributed by atoms with Gasteiger partial charge in [-0.1, -0.05) is 41.9 Å². The highest BCUT2D eigenvalue weighted by molar-refractivity contribution is 5.92. The molecule has 2 heterocycles. The van der Waals surface area contributed by atoms with Crippen LogP contribution < -0.4 is 5.32 Å². The number of benzene rings is 1. The highest BCUT2D eigenvalue weighted by atomic mass is 16.5. The molecule has 1 aliphatic heterocycles. The lowest BCUT2D eigenvalue weighted by atomic mass is 10.0. The van der Waals surface area contributed by atoms with E-state index in [9.17, 15) is 4.79 Å². The van der Waals surface area contributed by atoms with Gasteiger partial charge in [0.1, 0.15) is 6.61 Å². The molecule has 0 spiro atoms. The summed E-state index contributed by atoms with van der Waals surface area (Å²) in [4.78, 5) is 12.2. The molecule has 2 aromatic rings. The molecule has 1 amide bonds. The van der Waals surface area contributed by atoms with Crippen LogP contribution in [0.2, 0.25) is 0 Å². The van der Waals surface area contributed by atoms with Crippen LogP contribution in [0.4, 0.5) is 0 Å². The summed E-state index contributed by atoms with van der Waals surface area (Å²) in [6, 6.07) is 12.2. The van der Waals surface area contributed by atoms with Crippen molar-refractivity contribution in [3.05, 3.63) is 53.4 Å². The van der Waals surface area contributed by atoms with E-state index in [4.69, 9.17) is 14.0 Å². The monoisotopic (exact) mass is 386 g/mol. The van der Waals surface area contributed by atoms with Crippen molar-refractivity contribution >= 4 is 5.91 Å². The van der Waals surface area contributed by atoms with Gasteiger partial charge in [0, 0.05) is 32.4 Å². The van der Waals surface area contributed by atoms with E-state index in [2.05, 4.69) is 34.7 Å². The van der Waals surface area contributed by atoms with Crippen molar-refractivity contribution < 1.29 is 18.8 Å².